The number of carbonyl (C=O) groups is 1. The first-order valence-corrected chi connectivity index (χ1v) is 8.83. The Bertz CT molecular complexity index is 606. The Labute approximate surface area is 156 Å². The molecule has 0 aromatic heterocycles. The van der Waals surface area contributed by atoms with E-state index >= 15 is 0 Å². The minimum absolute atomic E-state index is 0. The highest BCUT2D eigenvalue weighted by Gasteiger charge is 2.30. The molecule has 134 valence electrons. The molecule has 4 heteroatoms. The SMILES string of the molecule is CNCC1CCCN(C(=O)C(c2ccccc2)c2ccccc2)C1.Cl. The van der Waals surface area contributed by atoms with Crippen LogP contribution in [0.25, 0.3) is 0 Å². The first-order chi connectivity index (χ1) is 11.8. The molecule has 0 bridgehead atoms. The molecular weight excluding hydrogens is 332 g/mol. The Morgan fingerprint density at radius 3 is 2.16 bits per heavy atom. The van der Waals surface area contributed by atoms with E-state index in [0.717, 1.165) is 37.2 Å². The van der Waals surface area contributed by atoms with Crippen LogP contribution in [-0.4, -0.2) is 37.5 Å². The average Bonchev–Trinajstić information content (AvgIpc) is 2.64. The van der Waals surface area contributed by atoms with Gasteiger partial charge < -0.3 is 10.2 Å². The third-order valence-electron chi connectivity index (χ3n) is 4.84. The van der Waals surface area contributed by atoms with Gasteiger partial charge in [-0.25, -0.2) is 0 Å². The second-order valence-corrected chi connectivity index (χ2v) is 6.60. The quantitative estimate of drug-likeness (QED) is 0.883. The number of nitrogens with zero attached hydrogens (tertiary/aromatic N) is 1. The number of nitrogens with one attached hydrogen (secondary N) is 1. The zero-order valence-electron chi connectivity index (χ0n) is 14.7. The van der Waals surface area contributed by atoms with E-state index < -0.39 is 0 Å². The van der Waals surface area contributed by atoms with E-state index in [1.54, 1.807) is 0 Å². The van der Waals surface area contributed by atoms with Gasteiger partial charge >= 0.3 is 0 Å². The minimum atomic E-state index is -0.208. The Kier molecular flexibility index (Phi) is 7.48. The van der Waals surface area contributed by atoms with Crippen LogP contribution in [0.15, 0.2) is 60.7 Å². The maximum Gasteiger partial charge on any atom is 0.234 e. The fraction of sp³-hybridized carbons (Fsp3) is 0.381. The van der Waals surface area contributed by atoms with Gasteiger partial charge in [0.05, 0.1) is 5.92 Å². The van der Waals surface area contributed by atoms with E-state index in [1.807, 2.05) is 43.4 Å². The Hall–Kier alpha value is -1.84. The molecule has 1 saturated heterocycles. The summed E-state index contributed by atoms with van der Waals surface area (Å²) in [6.07, 6.45) is 2.29. The lowest BCUT2D eigenvalue weighted by molar-refractivity contribution is -0.133. The molecule has 1 aliphatic rings. The van der Waals surface area contributed by atoms with Gasteiger partial charge in [0.25, 0.3) is 0 Å². The number of halogens is 1. The molecule has 0 spiro atoms. The van der Waals surface area contributed by atoms with Gasteiger partial charge in [0.15, 0.2) is 0 Å². The van der Waals surface area contributed by atoms with Crippen molar-refractivity contribution in [2.45, 2.75) is 18.8 Å². The largest absolute Gasteiger partial charge is 0.342 e. The van der Waals surface area contributed by atoms with E-state index in [1.165, 1.54) is 6.42 Å². The molecule has 3 rings (SSSR count). The van der Waals surface area contributed by atoms with Crippen molar-refractivity contribution in [3.63, 3.8) is 0 Å². The number of likely N-dealkylation sites (tertiary alicyclic amines) is 1. The second-order valence-electron chi connectivity index (χ2n) is 6.60. The molecule has 3 nitrogen and oxygen atoms in total. The maximum absolute atomic E-state index is 13.4. The van der Waals surface area contributed by atoms with Gasteiger partial charge in [-0.1, -0.05) is 60.7 Å². The molecule has 1 aliphatic heterocycles. The highest BCUT2D eigenvalue weighted by atomic mass is 35.5. The van der Waals surface area contributed by atoms with E-state index in [2.05, 4.69) is 34.5 Å². The lowest BCUT2D eigenvalue weighted by atomic mass is 9.88. The molecule has 1 atom stereocenters. The zero-order chi connectivity index (χ0) is 16.8. The Morgan fingerprint density at radius 2 is 1.64 bits per heavy atom. The van der Waals surface area contributed by atoms with Crippen LogP contribution in [0.1, 0.15) is 29.9 Å². The van der Waals surface area contributed by atoms with Crippen LogP contribution in [0, 0.1) is 5.92 Å². The molecule has 0 radical (unpaired) electrons. The summed E-state index contributed by atoms with van der Waals surface area (Å²) < 4.78 is 0. The molecule has 1 amide bonds. The molecule has 1 heterocycles. The van der Waals surface area contributed by atoms with Crippen molar-refractivity contribution >= 4 is 18.3 Å². The van der Waals surface area contributed by atoms with Crippen molar-refractivity contribution in [3.05, 3.63) is 71.8 Å². The number of piperidine rings is 1. The average molecular weight is 359 g/mol. The van der Waals surface area contributed by atoms with Gasteiger partial charge in [-0.15, -0.1) is 12.4 Å². The summed E-state index contributed by atoms with van der Waals surface area (Å²) in [5.74, 6) is 0.578. The van der Waals surface area contributed by atoms with Crippen LogP contribution in [0.4, 0.5) is 0 Å². The summed E-state index contributed by atoms with van der Waals surface area (Å²) >= 11 is 0. The molecule has 1 N–H and O–H groups in total. The van der Waals surface area contributed by atoms with Gasteiger partial charge in [-0.2, -0.15) is 0 Å². The normalized spacial score (nSPS) is 17.2. The van der Waals surface area contributed by atoms with E-state index in [-0.39, 0.29) is 24.2 Å². The van der Waals surface area contributed by atoms with Crippen LogP contribution in [0.3, 0.4) is 0 Å². The van der Waals surface area contributed by atoms with E-state index in [0.29, 0.717) is 5.92 Å². The molecule has 1 unspecified atom stereocenters. The lowest BCUT2D eigenvalue weighted by Gasteiger charge is -2.35. The molecule has 0 aliphatic carbocycles. The Morgan fingerprint density at radius 1 is 1.08 bits per heavy atom. The fourth-order valence-electron chi connectivity index (χ4n) is 3.67. The summed E-state index contributed by atoms with van der Waals surface area (Å²) in [6.45, 7) is 2.70. The molecule has 2 aromatic rings. The Balaban J connectivity index is 0.00000225. The van der Waals surface area contributed by atoms with Gasteiger partial charge in [-0.05, 0) is 43.5 Å². The molecule has 0 saturated carbocycles. The summed E-state index contributed by atoms with van der Waals surface area (Å²) in [5, 5.41) is 3.25. The fourth-order valence-corrected chi connectivity index (χ4v) is 3.67. The van der Waals surface area contributed by atoms with Crippen molar-refractivity contribution in [2.24, 2.45) is 5.92 Å². The van der Waals surface area contributed by atoms with Crippen molar-refractivity contribution in [2.75, 3.05) is 26.7 Å². The van der Waals surface area contributed by atoms with Crippen LogP contribution in [0.5, 0.6) is 0 Å². The third-order valence-corrected chi connectivity index (χ3v) is 4.84. The summed E-state index contributed by atoms with van der Waals surface area (Å²) in [5.41, 5.74) is 2.15. The smallest absolute Gasteiger partial charge is 0.234 e. The third kappa shape index (κ3) is 4.83. The monoisotopic (exact) mass is 358 g/mol. The molecule has 1 fully saturated rings. The number of rotatable bonds is 5. The summed E-state index contributed by atoms with van der Waals surface area (Å²) in [4.78, 5) is 15.4. The predicted octanol–water partition coefficient (Wildman–Crippen LogP) is 3.70. The minimum Gasteiger partial charge on any atom is -0.342 e. The van der Waals surface area contributed by atoms with Crippen LogP contribution < -0.4 is 5.32 Å². The second kappa shape index (κ2) is 9.59. The number of benzene rings is 2. The highest BCUT2D eigenvalue weighted by Crippen LogP contribution is 2.28. The number of carbonyl (C=O) groups excluding carboxylic acids is 1. The van der Waals surface area contributed by atoms with Crippen molar-refractivity contribution < 1.29 is 4.79 Å². The van der Waals surface area contributed by atoms with Crippen LogP contribution in [-0.2, 0) is 4.79 Å². The van der Waals surface area contributed by atoms with E-state index in [9.17, 15) is 4.79 Å². The highest BCUT2D eigenvalue weighted by molar-refractivity contribution is 5.87. The van der Waals surface area contributed by atoms with Crippen LogP contribution >= 0.6 is 12.4 Å². The van der Waals surface area contributed by atoms with Crippen molar-refractivity contribution in [1.29, 1.82) is 0 Å². The number of hydrogen-bond acceptors (Lipinski definition) is 2. The number of amides is 1. The molecule has 2 aromatic carbocycles. The zero-order valence-corrected chi connectivity index (χ0v) is 15.5. The van der Waals surface area contributed by atoms with E-state index in [4.69, 9.17) is 0 Å². The first kappa shape index (κ1) is 19.5. The predicted molar refractivity (Wildman–Crippen MR) is 105 cm³/mol. The maximum atomic E-state index is 13.4. The number of hydrogen-bond donors (Lipinski definition) is 1. The van der Waals surface area contributed by atoms with Gasteiger partial charge in [0.1, 0.15) is 0 Å². The van der Waals surface area contributed by atoms with Gasteiger partial charge in [-0.3, -0.25) is 4.79 Å². The summed E-state index contributed by atoms with van der Waals surface area (Å²) in [7, 11) is 1.98. The topological polar surface area (TPSA) is 32.3 Å². The first-order valence-electron chi connectivity index (χ1n) is 8.83. The van der Waals surface area contributed by atoms with Gasteiger partial charge in [0.2, 0.25) is 5.91 Å². The van der Waals surface area contributed by atoms with Crippen molar-refractivity contribution in [3.8, 4) is 0 Å². The molecular formula is C21H27ClN2O. The van der Waals surface area contributed by atoms with Crippen LogP contribution in [0.2, 0.25) is 0 Å². The molecule has 25 heavy (non-hydrogen) atoms. The standard InChI is InChI=1S/C21H26N2O.ClH/c1-22-15-17-9-8-14-23(16-17)21(24)20(18-10-4-2-5-11-18)19-12-6-3-7-13-19;/h2-7,10-13,17,20,22H,8-9,14-16H2,1H3;1H. The summed E-state index contributed by atoms with van der Waals surface area (Å²) in [6, 6.07) is 20.3. The lowest BCUT2D eigenvalue weighted by Crippen LogP contribution is -2.44. The van der Waals surface area contributed by atoms with Gasteiger partial charge in [0, 0.05) is 13.1 Å². The van der Waals surface area contributed by atoms with Crippen molar-refractivity contribution in [1.82, 2.24) is 10.2 Å².